The van der Waals surface area contributed by atoms with Gasteiger partial charge in [-0.05, 0) is 54.4 Å². The van der Waals surface area contributed by atoms with Gasteiger partial charge in [0.05, 0.1) is 12.4 Å². The molecular weight excluding hydrogens is 260 g/mol. The molecule has 4 atom stereocenters. The highest BCUT2D eigenvalue weighted by molar-refractivity contribution is 5.35. The van der Waals surface area contributed by atoms with Crippen molar-refractivity contribution >= 4 is 0 Å². The predicted octanol–water partition coefficient (Wildman–Crippen LogP) is 4.71. The molecule has 21 heavy (non-hydrogen) atoms. The first kappa shape index (κ1) is 15.1. The van der Waals surface area contributed by atoms with E-state index in [-0.39, 0.29) is 5.41 Å². The van der Waals surface area contributed by atoms with Gasteiger partial charge in [0.25, 0.3) is 0 Å². The van der Waals surface area contributed by atoms with Gasteiger partial charge in [-0.25, -0.2) is 0 Å². The predicted molar refractivity (Wildman–Crippen MR) is 85.9 cm³/mol. The lowest BCUT2D eigenvalue weighted by Gasteiger charge is -2.43. The second kappa shape index (κ2) is 4.87. The molecule has 3 aliphatic carbocycles. The zero-order valence-corrected chi connectivity index (χ0v) is 14.1. The molecular formula is C19H30O2. The molecule has 0 amide bonds. The standard InChI is InChI=1S/C19H30O2/c1-6-11-21-12-14-7-8-15-17(2,3)13-18(4)10-9-16(20-5)19(14,15)18/h6,12,15-16H,1,7-11,13H2,2-5H3/b14-12+/t15-,16?,18+,19?/m1/s1. The molecule has 0 saturated heterocycles. The third-order valence-corrected chi connectivity index (χ3v) is 6.76. The Labute approximate surface area is 129 Å². The molecule has 3 saturated carbocycles. The fraction of sp³-hybridized carbons (Fsp3) is 0.789. The van der Waals surface area contributed by atoms with Gasteiger partial charge in [0, 0.05) is 12.5 Å². The van der Waals surface area contributed by atoms with E-state index >= 15 is 0 Å². The quantitative estimate of drug-likeness (QED) is 0.424. The van der Waals surface area contributed by atoms with Gasteiger partial charge in [-0.3, -0.25) is 0 Å². The fourth-order valence-electron chi connectivity index (χ4n) is 6.52. The van der Waals surface area contributed by atoms with E-state index in [2.05, 4.69) is 33.6 Å². The summed E-state index contributed by atoms with van der Waals surface area (Å²) in [5, 5.41) is 0. The van der Waals surface area contributed by atoms with Gasteiger partial charge < -0.3 is 9.47 Å². The second-order valence-electron chi connectivity index (χ2n) is 8.21. The number of methoxy groups -OCH3 is 1. The van der Waals surface area contributed by atoms with Gasteiger partial charge >= 0.3 is 0 Å². The first-order valence-electron chi connectivity index (χ1n) is 8.37. The van der Waals surface area contributed by atoms with Crippen molar-refractivity contribution in [2.75, 3.05) is 13.7 Å². The number of hydrogen-bond acceptors (Lipinski definition) is 2. The third-order valence-electron chi connectivity index (χ3n) is 6.76. The van der Waals surface area contributed by atoms with Crippen LogP contribution in [-0.4, -0.2) is 19.8 Å². The summed E-state index contributed by atoms with van der Waals surface area (Å²) in [5.41, 5.74) is 2.47. The molecule has 0 radical (unpaired) electrons. The lowest BCUT2D eigenvalue weighted by Crippen LogP contribution is -2.43. The van der Waals surface area contributed by atoms with Crippen molar-refractivity contribution in [1.29, 1.82) is 0 Å². The van der Waals surface area contributed by atoms with Gasteiger partial charge in [0.2, 0.25) is 0 Å². The molecule has 3 rings (SSSR count). The maximum Gasteiger partial charge on any atom is 0.105 e. The molecule has 2 nitrogen and oxygen atoms in total. The molecule has 2 unspecified atom stereocenters. The van der Waals surface area contributed by atoms with Crippen LogP contribution < -0.4 is 0 Å². The van der Waals surface area contributed by atoms with Gasteiger partial charge in [-0.15, -0.1) is 0 Å². The minimum absolute atomic E-state index is 0.201. The summed E-state index contributed by atoms with van der Waals surface area (Å²) < 4.78 is 11.8. The van der Waals surface area contributed by atoms with Crippen LogP contribution in [0.3, 0.4) is 0 Å². The summed E-state index contributed by atoms with van der Waals surface area (Å²) in [6, 6.07) is 0. The molecule has 2 heteroatoms. The highest BCUT2D eigenvalue weighted by Gasteiger charge is 2.73. The lowest BCUT2D eigenvalue weighted by atomic mass is 9.63. The van der Waals surface area contributed by atoms with Gasteiger partial charge in [0.1, 0.15) is 6.61 Å². The molecule has 0 aromatic carbocycles. The topological polar surface area (TPSA) is 18.5 Å². The summed E-state index contributed by atoms with van der Waals surface area (Å²) >= 11 is 0. The van der Waals surface area contributed by atoms with E-state index in [4.69, 9.17) is 9.47 Å². The van der Waals surface area contributed by atoms with Crippen molar-refractivity contribution in [1.82, 2.24) is 0 Å². The van der Waals surface area contributed by atoms with Crippen molar-refractivity contribution in [3.8, 4) is 0 Å². The molecule has 0 heterocycles. The molecule has 0 aromatic rings. The fourth-order valence-corrected chi connectivity index (χ4v) is 6.52. The Morgan fingerprint density at radius 3 is 2.71 bits per heavy atom. The summed E-state index contributed by atoms with van der Waals surface area (Å²) in [4.78, 5) is 0. The Kier molecular flexibility index (Phi) is 3.52. The van der Waals surface area contributed by atoms with Crippen molar-refractivity contribution in [2.24, 2.45) is 22.2 Å². The van der Waals surface area contributed by atoms with Gasteiger partial charge in [-0.2, -0.15) is 0 Å². The van der Waals surface area contributed by atoms with Crippen LogP contribution in [0.2, 0.25) is 0 Å². The lowest BCUT2D eigenvalue weighted by molar-refractivity contribution is -0.0251. The molecule has 3 fully saturated rings. The Balaban J connectivity index is 2.07. The molecule has 1 spiro atoms. The van der Waals surface area contributed by atoms with E-state index < -0.39 is 0 Å². The highest BCUT2D eigenvalue weighted by Crippen LogP contribution is 2.77. The molecule has 0 aliphatic heterocycles. The monoisotopic (exact) mass is 290 g/mol. The average molecular weight is 290 g/mol. The normalized spacial score (nSPS) is 45.6. The molecule has 0 bridgehead atoms. The molecule has 118 valence electrons. The van der Waals surface area contributed by atoms with Crippen LogP contribution in [0.4, 0.5) is 0 Å². The van der Waals surface area contributed by atoms with E-state index in [0.29, 0.717) is 23.5 Å². The summed E-state index contributed by atoms with van der Waals surface area (Å²) in [7, 11) is 1.90. The number of rotatable bonds is 4. The second-order valence-corrected chi connectivity index (χ2v) is 8.21. The molecule has 3 aliphatic rings. The summed E-state index contributed by atoms with van der Waals surface area (Å²) in [6.45, 7) is 11.8. The highest BCUT2D eigenvalue weighted by atomic mass is 16.5. The van der Waals surface area contributed by atoms with E-state index in [1.807, 2.05) is 13.2 Å². The van der Waals surface area contributed by atoms with Crippen LogP contribution in [-0.2, 0) is 9.47 Å². The van der Waals surface area contributed by atoms with E-state index in [1.54, 1.807) is 0 Å². The van der Waals surface area contributed by atoms with Crippen LogP contribution in [0.1, 0.15) is 52.9 Å². The SMILES string of the molecule is C=CCO/C=C1\CC[C@@H]2C(C)(C)C[C@]3(C)CCC(OC)C123. The Morgan fingerprint density at radius 2 is 2.05 bits per heavy atom. The Bertz CT molecular complexity index is 464. The minimum Gasteiger partial charge on any atom is -0.497 e. The van der Waals surface area contributed by atoms with Crippen molar-refractivity contribution in [2.45, 2.75) is 59.0 Å². The smallest absolute Gasteiger partial charge is 0.105 e. The first-order valence-corrected chi connectivity index (χ1v) is 8.37. The van der Waals surface area contributed by atoms with Crippen LogP contribution in [0.5, 0.6) is 0 Å². The Hall–Kier alpha value is -0.760. The number of ether oxygens (including phenoxy) is 2. The first-order chi connectivity index (χ1) is 9.92. The molecule has 0 aromatic heterocycles. The largest absolute Gasteiger partial charge is 0.497 e. The van der Waals surface area contributed by atoms with E-state index in [0.717, 1.165) is 5.92 Å². The number of hydrogen-bond donors (Lipinski definition) is 0. The maximum absolute atomic E-state index is 6.01. The van der Waals surface area contributed by atoms with Crippen LogP contribution >= 0.6 is 0 Å². The molecule has 0 N–H and O–H groups in total. The van der Waals surface area contributed by atoms with Crippen LogP contribution in [0, 0.1) is 22.2 Å². The van der Waals surface area contributed by atoms with Crippen LogP contribution in [0.25, 0.3) is 0 Å². The third kappa shape index (κ3) is 1.81. The summed E-state index contributed by atoms with van der Waals surface area (Å²) in [5.74, 6) is 0.723. The zero-order valence-electron chi connectivity index (χ0n) is 14.1. The van der Waals surface area contributed by atoms with Crippen molar-refractivity contribution in [3.05, 3.63) is 24.5 Å². The van der Waals surface area contributed by atoms with E-state index in [9.17, 15) is 0 Å². The maximum atomic E-state index is 6.01. The van der Waals surface area contributed by atoms with Crippen molar-refractivity contribution < 1.29 is 9.47 Å². The zero-order chi connectivity index (χ0) is 15.3. The average Bonchev–Trinajstić information content (AvgIpc) is 2.97. The minimum atomic E-state index is 0.201. The Morgan fingerprint density at radius 1 is 1.29 bits per heavy atom. The van der Waals surface area contributed by atoms with Crippen LogP contribution in [0.15, 0.2) is 24.5 Å². The van der Waals surface area contributed by atoms with Gasteiger partial charge in [-0.1, -0.05) is 33.4 Å². The van der Waals surface area contributed by atoms with Crippen molar-refractivity contribution in [3.63, 3.8) is 0 Å². The summed E-state index contributed by atoms with van der Waals surface area (Å²) in [6.07, 6.45) is 10.5. The van der Waals surface area contributed by atoms with Gasteiger partial charge in [0.15, 0.2) is 0 Å². The van der Waals surface area contributed by atoms with E-state index in [1.165, 1.54) is 37.7 Å².